The van der Waals surface area contributed by atoms with Gasteiger partial charge in [-0.15, -0.1) is 0 Å². The van der Waals surface area contributed by atoms with Crippen LogP contribution >= 0.6 is 0 Å². The summed E-state index contributed by atoms with van der Waals surface area (Å²) in [6.07, 6.45) is -2.73. The van der Waals surface area contributed by atoms with E-state index in [1.165, 1.54) is 31.2 Å². The number of aliphatic carboxylic acids is 2. The zero-order chi connectivity index (χ0) is 57.3. The maximum atomic E-state index is 13.8. The normalized spacial score (nSPS) is 15.0. The number of carboxylic acid groups (broad SMARTS) is 2. The number of phenols is 1. The van der Waals surface area contributed by atoms with Crippen molar-refractivity contribution in [1.29, 1.82) is 0 Å². The molecule has 1 aromatic rings. The minimum Gasteiger partial charge on any atom is -0.508 e. The second-order valence-corrected chi connectivity index (χ2v) is 18.8. The first-order valence-corrected chi connectivity index (χ1v) is 24.3. The number of amides is 9. The van der Waals surface area contributed by atoms with E-state index < -0.39 is 151 Å². The van der Waals surface area contributed by atoms with E-state index in [9.17, 15) is 68.1 Å². The number of carbonyl (C=O) groups is 11. The number of hydrogen-bond donors (Lipinski definition) is 16. The second kappa shape index (κ2) is 32.5. The average Bonchev–Trinajstić information content (AvgIpc) is 3.32. The third-order valence-corrected chi connectivity index (χ3v) is 11.3. The largest absolute Gasteiger partial charge is 0.508 e. The number of hydrogen-bond acceptors (Lipinski definition) is 15. The molecule has 28 nitrogen and oxygen atoms in total. The van der Waals surface area contributed by atoms with E-state index in [0.717, 1.165) is 6.92 Å². The molecule has 0 aliphatic heterocycles. The summed E-state index contributed by atoms with van der Waals surface area (Å²) in [6, 6.07) is -5.73. The highest BCUT2D eigenvalue weighted by Gasteiger charge is 2.36. The number of aliphatic imine (C=N–C) groups is 1. The predicted molar refractivity (Wildman–Crippen MR) is 270 cm³/mol. The van der Waals surface area contributed by atoms with Gasteiger partial charge in [0.2, 0.25) is 53.2 Å². The van der Waals surface area contributed by atoms with Crippen molar-refractivity contribution >= 4 is 71.1 Å². The molecule has 0 spiro atoms. The molecule has 0 aliphatic rings. The molecule has 0 unspecified atom stereocenters. The van der Waals surface area contributed by atoms with Gasteiger partial charge in [0.15, 0.2) is 5.96 Å². The zero-order valence-corrected chi connectivity index (χ0v) is 43.6. The fraction of sp³-hybridized carbons (Fsp3) is 0.617. The third kappa shape index (κ3) is 24.8. The lowest BCUT2D eigenvalue weighted by Gasteiger charge is -2.30. The van der Waals surface area contributed by atoms with Crippen LogP contribution in [0.4, 0.5) is 0 Å². The molecule has 0 radical (unpaired) electrons. The van der Waals surface area contributed by atoms with Gasteiger partial charge in [0.05, 0.1) is 25.1 Å². The number of nitrogens with one attached hydrogen (secondary N) is 9. The fourth-order valence-corrected chi connectivity index (χ4v) is 6.98. The van der Waals surface area contributed by atoms with Crippen molar-refractivity contribution in [2.75, 3.05) is 19.6 Å². The minimum atomic E-state index is -1.93. The van der Waals surface area contributed by atoms with Crippen LogP contribution in [0.1, 0.15) is 93.1 Å². The van der Waals surface area contributed by atoms with E-state index in [1.54, 1.807) is 41.5 Å². The van der Waals surface area contributed by atoms with Gasteiger partial charge >= 0.3 is 11.9 Å². The Kier molecular flexibility index (Phi) is 28.4. The van der Waals surface area contributed by atoms with Crippen LogP contribution in [0.3, 0.4) is 0 Å². The SMILES string of the molecule is CC[C@H](C)[C@H](NC(=O)[C@@H](NC(=O)[C@H](C)N)C(C)C)C(=O)N[C@@H](CC(C)C)C(=O)NCC(=O)N[C@@H](CC(=O)O)C(=O)N[C@H](C(=O)N[C@@H](CCCN=C(N)N)C(=O)N[C@@H](Cc1ccc(O)cc1)C(=O)NCC(=O)O)[C@@H](C)O. The molecule has 75 heavy (non-hydrogen) atoms. The molecule has 0 heterocycles. The van der Waals surface area contributed by atoms with E-state index in [2.05, 4.69) is 52.8 Å². The van der Waals surface area contributed by atoms with E-state index >= 15 is 0 Å². The molecule has 9 amide bonds. The van der Waals surface area contributed by atoms with Crippen LogP contribution in [-0.2, 0) is 59.2 Å². The van der Waals surface area contributed by atoms with Gasteiger partial charge in [-0.05, 0) is 68.6 Å². The highest BCUT2D eigenvalue weighted by Crippen LogP contribution is 2.14. The monoisotopic (exact) mass is 1060 g/mol. The summed E-state index contributed by atoms with van der Waals surface area (Å²) >= 11 is 0. The molecule has 28 heteroatoms. The predicted octanol–water partition coefficient (Wildman–Crippen LogP) is -4.35. The number of carboxylic acids is 2. The molecule has 0 aliphatic carbocycles. The summed E-state index contributed by atoms with van der Waals surface area (Å²) in [5, 5.41) is 60.8. The van der Waals surface area contributed by atoms with Crippen LogP contribution in [0, 0.1) is 17.8 Å². The number of phenolic OH excluding ortho intramolecular Hbond substituents is 1. The van der Waals surface area contributed by atoms with Gasteiger partial charge in [-0.2, -0.15) is 0 Å². The lowest BCUT2D eigenvalue weighted by molar-refractivity contribution is -0.142. The first-order valence-electron chi connectivity index (χ1n) is 24.3. The highest BCUT2D eigenvalue weighted by molar-refractivity contribution is 5.98. The molecule has 0 fully saturated rings. The lowest BCUT2D eigenvalue weighted by atomic mass is 9.95. The summed E-state index contributed by atoms with van der Waals surface area (Å²) in [5.41, 5.74) is 16.9. The van der Waals surface area contributed by atoms with Gasteiger partial charge in [0, 0.05) is 13.0 Å². The summed E-state index contributed by atoms with van der Waals surface area (Å²) in [5.74, 6) is -12.8. The number of guanidine groups is 1. The summed E-state index contributed by atoms with van der Waals surface area (Å²) < 4.78 is 0. The number of aliphatic hydroxyl groups excluding tert-OH is 1. The number of benzene rings is 1. The second-order valence-electron chi connectivity index (χ2n) is 18.8. The number of carbonyl (C=O) groups excluding carboxylic acids is 9. The topological polar surface area (TPSA) is 467 Å². The Hall–Kier alpha value is -7.62. The molecule has 10 atom stereocenters. The Balaban J connectivity index is 3.32. The van der Waals surface area contributed by atoms with Crippen molar-refractivity contribution in [1.82, 2.24) is 47.9 Å². The van der Waals surface area contributed by atoms with Crippen molar-refractivity contribution in [3.63, 3.8) is 0 Å². The molecule has 420 valence electrons. The van der Waals surface area contributed by atoms with Gasteiger partial charge in [0.25, 0.3) is 0 Å². The van der Waals surface area contributed by atoms with Gasteiger partial charge in [-0.25, -0.2) is 0 Å². The molecule has 0 aromatic heterocycles. The Bertz CT molecular complexity index is 2170. The number of aromatic hydroxyl groups is 1. The highest BCUT2D eigenvalue weighted by atomic mass is 16.4. The molecule has 19 N–H and O–H groups in total. The first-order chi connectivity index (χ1) is 35.0. The van der Waals surface area contributed by atoms with Gasteiger partial charge in [-0.3, -0.25) is 57.7 Å². The Morgan fingerprint density at radius 2 is 1.09 bits per heavy atom. The van der Waals surface area contributed by atoms with Crippen molar-refractivity contribution < 1.29 is 73.2 Å². The Morgan fingerprint density at radius 3 is 1.61 bits per heavy atom. The number of nitrogens with zero attached hydrogens (tertiary/aromatic N) is 1. The molecule has 1 aromatic carbocycles. The van der Waals surface area contributed by atoms with Crippen LogP contribution in [0.5, 0.6) is 5.75 Å². The summed E-state index contributed by atoms with van der Waals surface area (Å²) in [6.45, 7) is 11.2. The zero-order valence-electron chi connectivity index (χ0n) is 43.6. The summed E-state index contributed by atoms with van der Waals surface area (Å²) in [4.78, 5) is 148. The molecule has 0 saturated heterocycles. The van der Waals surface area contributed by atoms with Gasteiger partial charge < -0.3 is 85.5 Å². The molecular weight excluding hydrogens is 987 g/mol. The van der Waals surface area contributed by atoms with Crippen molar-refractivity contribution in [2.24, 2.45) is 39.9 Å². The minimum absolute atomic E-state index is 0.0384. The molecule has 1 rings (SSSR count). The number of aliphatic hydroxyl groups is 1. The standard InChI is InChI=1S/C47H77N13O15/c1-9-24(6)37(59-44(73)36(23(4)5)58-39(68)25(7)48)45(74)57-30(17-22(2)3)40(69)52-20-33(63)54-32(19-34(64)65)43(72)60-38(26(8)61)46(75)55-29(11-10-16-51-47(49)50)42(71)56-31(41(70)53-21-35(66)67)18-27-12-14-28(62)15-13-27/h12-15,22-26,29-32,36-38,61-62H,9-11,16-21,48H2,1-8H3,(H,52,69)(H,53,70)(H,54,63)(H,55,75)(H,56,71)(H,57,74)(H,58,68)(H,59,73)(H,60,72)(H,64,65)(H,66,67)(H4,49,50,51)/t24-,25-,26+,29-,30-,31-,32-,36-,37-,38-/m0/s1. The van der Waals surface area contributed by atoms with Crippen molar-refractivity contribution in [3.8, 4) is 5.75 Å². The van der Waals surface area contributed by atoms with Crippen molar-refractivity contribution in [2.45, 2.75) is 148 Å². The van der Waals surface area contributed by atoms with Crippen LogP contribution in [0.2, 0.25) is 0 Å². The van der Waals surface area contributed by atoms with Crippen LogP contribution < -0.4 is 65.1 Å². The maximum Gasteiger partial charge on any atom is 0.322 e. The maximum absolute atomic E-state index is 13.8. The van der Waals surface area contributed by atoms with Gasteiger partial charge in [0.1, 0.15) is 54.6 Å². The molecule has 0 bridgehead atoms. The first kappa shape index (κ1) is 65.4. The Morgan fingerprint density at radius 1 is 0.587 bits per heavy atom. The quantitative estimate of drug-likeness (QED) is 0.0180. The van der Waals surface area contributed by atoms with Crippen molar-refractivity contribution in [3.05, 3.63) is 29.8 Å². The van der Waals surface area contributed by atoms with Crippen LogP contribution in [-0.4, -0.2) is 166 Å². The Labute approximate surface area is 434 Å². The molecular formula is C47H77N13O15. The van der Waals surface area contributed by atoms with E-state index in [4.69, 9.17) is 22.3 Å². The fourth-order valence-electron chi connectivity index (χ4n) is 6.98. The number of rotatable bonds is 33. The number of nitrogens with two attached hydrogens (primary N) is 3. The third-order valence-electron chi connectivity index (χ3n) is 11.3. The summed E-state index contributed by atoms with van der Waals surface area (Å²) in [7, 11) is 0. The van der Waals surface area contributed by atoms with Crippen LogP contribution in [0.15, 0.2) is 29.3 Å². The van der Waals surface area contributed by atoms with E-state index in [1.807, 2.05) is 0 Å². The lowest BCUT2D eigenvalue weighted by Crippen LogP contribution is -2.61. The average molecular weight is 1060 g/mol. The molecule has 0 saturated carbocycles. The van der Waals surface area contributed by atoms with E-state index in [-0.39, 0.29) is 49.9 Å². The van der Waals surface area contributed by atoms with Gasteiger partial charge in [-0.1, -0.05) is 60.1 Å². The smallest absolute Gasteiger partial charge is 0.322 e. The van der Waals surface area contributed by atoms with E-state index in [0.29, 0.717) is 12.0 Å². The van der Waals surface area contributed by atoms with Crippen LogP contribution in [0.25, 0.3) is 0 Å².